The van der Waals surface area contributed by atoms with E-state index in [2.05, 4.69) is 10.1 Å². The maximum atomic E-state index is 12.4. The molecule has 1 fully saturated rings. The van der Waals surface area contributed by atoms with Crippen LogP contribution in [0.1, 0.15) is 52.6 Å². The summed E-state index contributed by atoms with van der Waals surface area (Å²) in [5.74, 6) is -1.17. The Hall–Kier alpha value is -2.31. The van der Waals surface area contributed by atoms with Crippen molar-refractivity contribution >= 4 is 11.9 Å². The molecule has 0 bridgehead atoms. The molecule has 1 aromatic heterocycles. The second kappa shape index (κ2) is 5.47. The Bertz CT molecular complexity index is 694. The number of hydrogen-bond acceptors (Lipinski definition) is 5. The van der Waals surface area contributed by atoms with E-state index >= 15 is 0 Å². The van der Waals surface area contributed by atoms with Gasteiger partial charge >= 0.3 is 5.97 Å². The first-order valence-electron chi connectivity index (χ1n) is 7.30. The van der Waals surface area contributed by atoms with Crippen molar-refractivity contribution in [1.82, 2.24) is 9.88 Å². The number of pyridine rings is 1. The molecule has 7 heteroatoms. The Labute approximate surface area is 127 Å². The third-order valence-electron chi connectivity index (χ3n) is 4.42. The summed E-state index contributed by atoms with van der Waals surface area (Å²) in [6.07, 6.45) is 5.30. The normalized spacial score (nSPS) is 23.1. The van der Waals surface area contributed by atoms with Gasteiger partial charge in [0.25, 0.3) is 5.91 Å². The molecular weight excluding hydrogens is 288 g/mol. The second-order valence-electron chi connectivity index (χ2n) is 5.58. The summed E-state index contributed by atoms with van der Waals surface area (Å²) in [7, 11) is 2.54. The van der Waals surface area contributed by atoms with Crippen LogP contribution in [0.15, 0.2) is 11.0 Å². The summed E-state index contributed by atoms with van der Waals surface area (Å²) < 4.78 is 11.5. The number of esters is 1. The number of ether oxygens (including phenoxy) is 2. The van der Waals surface area contributed by atoms with E-state index in [1.54, 1.807) is 4.57 Å². The van der Waals surface area contributed by atoms with Gasteiger partial charge < -0.3 is 19.4 Å². The molecule has 0 aromatic carbocycles. The van der Waals surface area contributed by atoms with E-state index in [0.29, 0.717) is 0 Å². The van der Waals surface area contributed by atoms with E-state index in [9.17, 15) is 14.4 Å². The first-order valence-corrected chi connectivity index (χ1v) is 7.30. The summed E-state index contributed by atoms with van der Waals surface area (Å²) in [4.78, 5) is 36.6. The van der Waals surface area contributed by atoms with Crippen LogP contribution in [0.5, 0.6) is 5.75 Å². The topological polar surface area (TPSA) is 86.6 Å². The van der Waals surface area contributed by atoms with Gasteiger partial charge in [0.2, 0.25) is 5.43 Å². The zero-order valence-corrected chi connectivity index (χ0v) is 12.5. The van der Waals surface area contributed by atoms with Crippen LogP contribution in [-0.4, -0.2) is 36.7 Å². The Morgan fingerprint density at radius 2 is 2.00 bits per heavy atom. The summed E-state index contributed by atoms with van der Waals surface area (Å²) in [5, 5.41) is 2.94. The fourth-order valence-corrected chi connectivity index (χ4v) is 3.39. The first-order chi connectivity index (χ1) is 10.6. The third-order valence-corrected chi connectivity index (χ3v) is 4.42. The smallest absolute Gasteiger partial charge is 0.343 e. The number of carbonyl (C=O) groups excluding carboxylic acids is 2. The van der Waals surface area contributed by atoms with Crippen LogP contribution in [0.3, 0.4) is 0 Å². The molecule has 1 unspecified atom stereocenters. The number of carbonyl (C=O) groups is 2. The van der Waals surface area contributed by atoms with Crippen LogP contribution < -0.4 is 15.5 Å². The quantitative estimate of drug-likeness (QED) is 0.819. The highest BCUT2D eigenvalue weighted by Crippen LogP contribution is 2.34. The van der Waals surface area contributed by atoms with Crippen molar-refractivity contribution in [3.63, 3.8) is 0 Å². The number of hydrogen-bond donors (Lipinski definition) is 1. The minimum atomic E-state index is -0.725. The molecule has 1 N–H and O–H groups in total. The number of amides is 1. The molecule has 22 heavy (non-hydrogen) atoms. The summed E-state index contributed by atoms with van der Waals surface area (Å²) in [6, 6.07) is 0.0470. The minimum Gasteiger partial charge on any atom is -0.491 e. The van der Waals surface area contributed by atoms with E-state index < -0.39 is 11.4 Å². The van der Waals surface area contributed by atoms with Gasteiger partial charge in [-0.3, -0.25) is 9.59 Å². The van der Waals surface area contributed by atoms with Gasteiger partial charge in [-0.05, 0) is 12.8 Å². The number of nitrogens with one attached hydrogen (secondary N) is 1. The lowest BCUT2D eigenvalue weighted by atomic mass is 9.87. The molecule has 1 aliphatic carbocycles. The largest absolute Gasteiger partial charge is 0.491 e. The van der Waals surface area contributed by atoms with Crippen LogP contribution in [0.25, 0.3) is 0 Å². The standard InChI is InChI=1S/C15H18N2O5/c1-21-13-11-14(19)16-9-5-3-4-6-10(9)17(11)7-8(12(13)18)15(20)22-2/h7,9-10H,3-6H2,1-2H3,(H,16,19)/t9-,10?/m1/s1. The lowest BCUT2D eigenvalue weighted by Gasteiger charge is -2.39. The average Bonchev–Trinajstić information content (AvgIpc) is 2.54. The van der Waals surface area contributed by atoms with Crippen molar-refractivity contribution in [3.05, 3.63) is 27.7 Å². The molecule has 7 nitrogen and oxygen atoms in total. The van der Waals surface area contributed by atoms with E-state index in [4.69, 9.17) is 4.74 Å². The highest BCUT2D eigenvalue weighted by molar-refractivity contribution is 5.98. The Morgan fingerprint density at radius 3 is 2.68 bits per heavy atom. The van der Waals surface area contributed by atoms with Crippen molar-refractivity contribution in [2.75, 3.05) is 14.2 Å². The summed E-state index contributed by atoms with van der Waals surface area (Å²) in [5.41, 5.74) is -0.546. The van der Waals surface area contributed by atoms with E-state index in [1.807, 2.05) is 0 Å². The third kappa shape index (κ3) is 2.08. The summed E-state index contributed by atoms with van der Waals surface area (Å²) in [6.45, 7) is 0. The molecule has 2 heterocycles. The van der Waals surface area contributed by atoms with Crippen molar-refractivity contribution in [3.8, 4) is 5.75 Å². The number of fused-ring (bicyclic) bond motifs is 3. The molecule has 1 aliphatic heterocycles. The summed E-state index contributed by atoms with van der Waals surface area (Å²) >= 11 is 0. The lowest BCUT2D eigenvalue weighted by molar-refractivity contribution is 0.0594. The van der Waals surface area contributed by atoms with E-state index in [-0.39, 0.29) is 35.0 Å². The monoisotopic (exact) mass is 306 g/mol. The predicted octanol–water partition coefficient (Wildman–Crippen LogP) is 0.871. The van der Waals surface area contributed by atoms with Gasteiger partial charge in [-0.25, -0.2) is 4.79 Å². The molecule has 0 spiro atoms. The molecule has 0 radical (unpaired) electrons. The lowest BCUT2D eigenvalue weighted by Crippen LogP contribution is -2.50. The van der Waals surface area contributed by atoms with Crippen LogP contribution in [0.4, 0.5) is 0 Å². The van der Waals surface area contributed by atoms with Crippen LogP contribution >= 0.6 is 0 Å². The SMILES string of the molecule is COC(=O)c1cn2c(c(OC)c1=O)C(=O)N[C@@H]1CCCCC12. The molecule has 1 aromatic rings. The molecule has 0 saturated heterocycles. The predicted molar refractivity (Wildman–Crippen MR) is 77.4 cm³/mol. The van der Waals surface area contributed by atoms with Crippen molar-refractivity contribution in [2.45, 2.75) is 37.8 Å². The van der Waals surface area contributed by atoms with Crippen LogP contribution in [0.2, 0.25) is 0 Å². The maximum Gasteiger partial charge on any atom is 0.343 e. The van der Waals surface area contributed by atoms with Crippen molar-refractivity contribution < 1.29 is 19.1 Å². The van der Waals surface area contributed by atoms with Gasteiger partial charge in [0, 0.05) is 12.2 Å². The Balaban J connectivity index is 2.24. The van der Waals surface area contributed by atoms with Crippen LogP contribution in [-0.2, 0) is 4.74 Å². The average molecular weight is 306 g/mol. The molecule has 1 amide bonds. The van der Waals surface area contributed by atoms with Gasteiger partial charge in [-0.15, -0.1) is 0 Å². The van der Waals surface area contributed by atoms with Gasteiger partial charge in [0.05, 0.1) is 20.3 Å². The maximum absolute atomic E-state index is 12.4. The van der Waals surface area contributed by atoms with Gasteiger partial charge in [-0.1, -0.05) is 12.8 Å². The number of rotatable bonds is 2. The fraction of sp³-hybridized carbons (Fsp3) is 0.533. The Morgan fingerprint density at radius 1 is 1.27 bits per heavy atom. The fourth-order valence-electron chi connectivity index (χ4n) is 3.39. The van der Waals surface area contributed by atoms with Crippen molar-refractivity contribution in [1.29, 1.82) is 0 Å². The van der Waals surface area contributed by atoms with Crippen LogP contribution in [0, 0.1) is 0 Å². The number of methoxy groups -OCH3 is 2. The molecular formula is C15H18N2O5. The van der Waals surface area contributed by atoms with E-state index in [0.717, 1.165) is 25.7 Å². The second-order valence-corrected chi connectivity index (χ2v) is 5.58. The van der Waals surface area contributed by atoms with E-state index in [1.165, 1.54) is 20.4 Å². The molecule has 2 aliphatic rings. The molecule has 1 saturated carbocycles. The molecule has 3 rings (SSSR count). The van der Waals surface area contributed by atoms with Gasteiger partial charge in [-0.2, -0.15) is 0 Å². The van der Waals surface area contributed by atoms with Crippen molar-refractivity contribution in [2.24, 2.45) is 0 Å². The number of aromatic nitrogens is 1. The van der Waals surface area contributed by atoms with Gasteiger partial charge in [0.15, 0.2) is 11.4 Å². The number of nitrogens with zero attached hydrogens (tertiary/aromatic N) is 1. The molecule has 2 atom stereocenters. The first kappa shape index (κ1) is 14.6. The minimum absolute atomic E-state index is 0.0199. The zero-order chi connectivity index (χ0) is 15.9. The highest BCUT2D eigenvalue weighted by Gasteiger charge is 2.38. The molecule has 118 valence electrons. The Kier molecular flexibility index (Phi) is 3.64. The zero-order valence-electron chi connectivity index (χ0n) is 12.5. The van der Waals surface area contributed by atoms with Gasteiger partial charge in [0.1, 0.15) is 5.56 Å². The highest BCUT2D eigenvalue weighted by atomic mass is 16.5.